The fourth-order valence-corrected chi connectivity index (χ4v) is 3.09. The van der Waals surface area contributed by atoms with E-state index in [-0.39, 0.29) is 11.2 Å². The van der Waals surface area contributed by atoms with E-state index < -0.39 is 18.0 Å². The third kappa shape index (κ3) is 4.60. The van der Waals surface area contributed by atoms with Crippen LogP contribution in [0, 0.1) is 0 Å². The first-order valence-corrected chi connectivity index (χ1v) is 6.97. The molecule has 2 amide bonds. The zero-order valence-electron chi connectivity index (χ0n) is 10.6. The Hall–Kier alpha value is -1.17. The average molecular weight is 272 g/mol. The lowest BCUT2D eigenvalue weighted by molar-refractivity contribution is -0.139. The van der Waals surface area contributed by atoms with Crippen molar-refractivity contribution in [1.29, 1.82) is 0 Å². The summed E-state index contributed by atoms with van der Waals surface area (Å²) in [6.07, 6.45) is 3.94. The number of carboxylic acids is 1. The summed E-state index contributed by atoms with van der Waals surface area (Å²) in [5, 5.41) is 14.1. The van der Waals surface area contributed by atoms with Gasteiger partial charge in [-0.2, -0.15) is 11.8 Å². The van der Waals surface area contributed by atoms with Gasteiger partial charge in [0.25, 0.3) is 0 Å². The van der Waals surface area contributed by atoms with Gasteiger partial charge in [0.15, 0.2) is 0 Å². The van der Waals surface area contributed by atoms with Crippen molar-refractivity contribution in [2.24, 2.45) is 0 Å². The molecular weight excluding hydrogens is 252 g/mol. The highest BCUT2D eigenvalue weighted by Crippen LogP contribution is 2.36. The monoisotopic (exact) mass is 272 g/mol. The number of rotatable bonds is 6. The molecule has 0 saturated carbocycles. The van der Waals surface area contributed by atoms with Crippen LogP contribution in [0.5, 0.6) is 0 Å². The van der Waals surface area contributed by atoms with Crippen LogP contribution in [0.1, 0.15) is 26.2 Å². The van der Waals surface area contributed by atoms with Crippen molar-refractivity contribution < 1.29 is 14.7 Å². The van der Waals surface area contributed by atoms with Gasteiger partial charge in [0.1, 0.15) is 6.04 Å². The van der Waals surface area contributed by atoms with Crippen molar-refractivity contribution in [2.45, 2.75) is 37.0 Å². The van der Waals surface area contributed by atoms with Crippen molar-refractivity contribution in [3.63, 3.8) is 0 Å². The minimum absolute atomic E-state index is 0.0779. The lowest BCUT2D eigenvalue weighted by Crippen LogP contribution is -2.48. The summed E-state index contributed by atoms with van der Waals surface area (Å²) in [5.41, 5.74) is 0. The molecule has 0 aromatic carbocycles. The summed E-state index contributed by atoms with van der Waals surface area (Å²) in [6, 6.07) is -1.34. The number of aliphatic carboxylic acids is 1. The summed E-state index contributed by atoms with van der Waals surface area (Å²) in [6.45, 7) is 6.15. The normalized spacial score (nSPS) is 24.3. The molecule has 0 spiro atoms. The molecule has 1 aliphatic heterocycles. The molecule has 2 atom stereocenters. The lowest BCUT2D eigenvalue weighted by Gasteiger charge is -2.23. The summed E-state index contributed by atoms with van der Waals surface area (Å²) in [7, 11) is 0. The SMILES string of the molecule is C=CCC(NC(=O)NCC1(C)CCCS1)C(=O)O. The van der Waals surface area contributed by atoms with Gasteiger partial charge in [-0.15, -0.1) is 6.58 Å². The molecule has 1 aliphatic rings. The highest BCUT2D eigenvalue weighted by atomic mass is 32.2. The highest BCUT2D eigenvalue weighted by molar-refractivity contribution is 8.00. The van der Waals surface area contributed by atoms with E-state index in [0.29, 0.717) is 6.54 Å². The Bertz CT molecular complexity index is 327. The molecule has 2 unspecified atom stereocenters. The van der Waals surface area contributed by atoms with E-state index in [0.717, 1.165) is 12.2 Å². The van der Waals surface area contributed by atoms with Crippen molar-refractivity contribution in [1.82, 2.24) is 10.6 Å². The van der Waals surface area contributed by atoms with Gasteiger partial charge in [-0.3, -0.25) is 0 Å². The Morgan fingerprint density at radius 3 is 2.83 bits per heavy atom. The first kappa shape index (κ1) is 14.9. The molecule has 0 aromatic heterocycles. The fraction of sp³-hybridized carbons (Fsp3) is 0.667. The number of nitrogens with one attached hydrogen (secondary N) is 2. The van der Waals surface area contributed by atoms with Crippen LogP contribution in [0.4, 0.5) is 4.79 Å². The van der Waals surface area contributed by atoms with Gasteiger partial charge in [0.05, 0.1) is 0 Å². The standard InChI is InChI=1S/C12H20N2O3S/c1-3-5-9(10(15)16)14-11(17)13-8-12(2)6-4-7-18-12/h3,9H,1,4-8H2,2H3,(H,15,16)(H2,13,14,17). The van der Waals surface area contributed by atoms with E-state index in [4.69, 9.17) is 5.11 Å². The summed E-state index contributed by atoms with van der Waals surface area (Å²) >= 11 is 1.85. The van der Waals surface area contributed by atoms with Crippen LogP contribution >= 0.6 is 11.8 Å². The van der Waals surface area contributed by atoms with Crippen molar-refractivity contribution >= 4 is 23.8 Å². The van der Waals surface area contributed by atoms with Gasteiger partial charge in [0, 0.05) is 11.3 Å². The zero-order valence-corrected chi connectivity index (χ0v) is 11.4. The van der Waals surface area contributed by atoms with E-state index in [1.807, 2.05) is 11.8 Å². The van der Waals surface area contributed by atoms with Crippen LogP contribution in [0.2, 0.25) is 0 Å². The smallest absolute Gasteiger partial charge is 0.326 e. The number of urea groups is 1. The van der Waals surface area contributed by atoms with Gasteiger partial charge >= 0.3 is 12.0 Å². The molecule has 3 N–H and O–H groups in total. The molecule has 1 rings (SSSR count). The summed E-state index contributed by atoms with van der Waals surface area (Å²) < 4.78 is 0.0779. The number of amides is 2. The number of carboxylic acid groups (broad SMARTS) is 1. The van der Waals surface area contributed by atoms with Crippen LogP contribution < -0.4 is 10.6 Å². The number of carbonyl (C=O) groups is 2. The van der Waals surface area contributed by atoms with E-state index in [1.54, 1.807) is 0 Å². The minimum atomic E-state index is -1.05. The van der Waals surface area contributed by atoms with Gasteiger partial charge in [0.2, 0.25) is 0 Å². The lowest BCUT2D eigenvalue weighted by atomic mass is 10.1. The summed E-state index contributed by atoms with van der Waals surface area (Å²) in [5.74, 6) is 0.0695. The largest absolute Gasteiger partial charge is 0.480 e. The molecular formula is C12H20N2O3S. The number of hydrogen-bond acceptors (Lipinski definition) is 3. The Morgan fingerprint density at radius 2 is 2.33 bits per heavy atom. The van der Waals surface area contributed by atoms with Crippen LogP contribution in [-0.2, 0) is 4.79 Å². The maximum absolute atomic E-state index is 11.6. The molecule has 102 valence electrons. The third-order valence-corrected chi connectivity index (χ3v) is 4.47. The van der Waals surface area contributed by atoms with Crippen LogP contribution in [0.3, 0.4) is 0 Å². The maximum Gasteiger partial charge on any atom is 0.326 e. The molecule has 1 heterocycles. The second-order valence-corrected chi connectivity index (χ2v) is 6.33. The Kier molecular flexibility index (Phi) is 5.53. The third-order valence-electron chi connectivity index (χ3n) is 2.93. The van der Waals surface area contributed by atoms with Crippen LogP contribution in [0.25, 0.3) is 0 Å². The minimum Gasteiger partial charge on any atom is -0.480 e. The highest BCUT2D eigenvalue weighted by Gasteiger charge is 2.30. The molecule has 6 heteroatoms. The van der Waals surface area contributed by atoms with Crippen molar-refractivity contribution in [2.75, 3.05) is 12.3 Å². The predicted molar refractivity (Wildman–Crippen MR) is 72.9 cm³/mol. The summed E-state index contributed by atoms with van der Waals surface area (Å²) in [4.78, 5) is 22.5. The Labute approximate surface area is 111 Å². The maximum atomic E-state index is 11.6. The molecule has 0 radical (unpaired) electrons. The second-order valence-electron chi connectivity index (χ2n) is 4.64. The molecule has 0 bridgehead atoms. The molecule has 1 saturated heterocycles. The molecule has 1 fully saturated rings. The quantitative estimate of drug-likeness (QED) is 0.642. The van der Waals surface area contributed by atoms with Gasteiger partial charge in [-0.25, -0.2) is 9.59 Å². The van der Waals surface area contributed by atoms with Crippen molar-refractivity contribution in [3.05, 3.63) is 12.7 Å². The second kappa shape index (κ2) is 6.68. The van der Waals surface area contributed by atoms with Gasteiger partial charge in [-0.05, 0) is 31.9 Å². The Morgan fingerprint density at radius 1 is 1.61 bits per heavy atom. The Balaban J connectivity index is 2.35. The van der Waals surface area contributed by atoms with Gasteiger partial charge in [-0.1, -0.05) is 6.08 Å². The molecule has 18 heavy (non-hydrogen) atoms. The number of carbonyl (C=O) groups excluding carboxylic acids is 1. The van der Waals surface area contributed by atoms with Crippen LogP contribution in [0.15, 0.2) is 12.7 Å². The zero-order chi connectivity index (χ0) is 13.6. The van der Waals surface area contributed by atoms with Gasteiger partial charge < -0.3 is 15.7 Å². The first-order chi connectivity index (χ1) is 8.47. The van der Waals surface area contributed by atoms with Crippen LogP contribution in [-0.4, -0.2) is 40.2 Å². The van der Waals surface area contributed by atoms with Crippen molar-refractivity contribution in [3.8, 4) is 0 Å². The molecule has 5 nitrogen and oxygen atoms in total. The first-order valence-electron chi connectivity index (χ1n) is 5.99. The van der Waals surface area contributed by atoms with E-state index in [2.05, 4.69) is 24.1 Å². The average Bonchev–Trinajstić information content (AvgIpc) is 2.73. The topological polar surface area (TPSA) is 78.4 Å². The molecule has 0 aromatic rings. The van der Waals surface area contributed by atoms with E-state index >= 15 is 0 Å². The predicted octanol–water partition coefficient (Wildman–Crippen LogP) is 1.60. The van der Waals surface area contributed by atoms with E-state index in [1.165, 1.54) is 12.5 Å². The number of hydrogen-bond donors (Lipinski definition) is 3. The van der Waals surface area contributed by atoms with E-state index in [9.17, 15) is 9.59 Å². The fourth-order valence-electron chi connectivity index (χ4n) is 1.84. The molecule has 0 aliphatic carbocycles. The number of thioether (sulfide) groups is 1.